The molecule has 1 heterocycles. The second kappa shape index (κ2) is 3.97. The summed E-state index contributed by atoms with van der Waals surface area (Å²) >= 11 is 0. The van der Waals surface area contributed by atoms with Crippen LogP contribution in [0.3, 0.4) is 0 Å². The number of rotatable bonds is 2. The van der Waals surface area contributed by atoms with Crippen LogP contribution in [0.1, 0.15) is 33.1 Å². The summed E-state index contributed by atoms with van der Waals surface area (Å²) in [6.45, 7) is 7.17. The van der Waals surface area contributed by atoms with Gasteiger partial charge in [-0.3, -0.25) is 0 Å². The number of hydrogen-bond donors (Lipinski definition) is 1. The molecule has 0 radical (unpaired) electrons. The van der Waals surface area contributed by atoms with Gasteiger partial charge in [-0.25, -0.2) is 0 Å². The molecule has 0 aliphatic carbocycles. The van der Waals surface area contributed by atoms with Crippen LogP contribution < -0.4 is 5.32 Å². The second-order valence-electron chi connectivity index (χ2n) is 3.47. The topological polar surface area (TPSA) is 12.0 Å². The van der Waals surface area contributed by atoms with Crippen molar-refractivity contribution in [2.24, 2.45) is 11.8 Å². The normalized spacial score (nSPS) is 24.6. The highest BCUT2D eigenvalue weighted by atomic mass is 14.9. The molecule has 1 rings (SSSR count). The van der Waals surface area contributed by atoms with E-state index in [-0.39, 0.29) is 0 Å². The Balaban J connectivity index is 2.24. The fourth-order valence-electron chi connectivity index (χ4n) is 1.75. The molecular formula is C9H19N. The van der Waals surface area contributed by atoms with E-state index in [0.29, 0.717) is 0 Å². The van der Waals surface area contributed by atoms with Crippen molar-refractivity contribution >= 4 is 0 Å². The van der Waals surface area contributed by atoms with Gasteiger partial charge in [0.1, 0.15) is 0 Å². The van der Waals surface area contributed by atoms with Crippen LogP contribution in [0, 0.1) is 11.8 Å². The lowest BCUT2D eigenvalue weighted by atomic mass is 9.85. The van der Waals surface area contributed by atoms with Gasteiger partial charge >= 0.3 is 0 Å². The second-order valence-corrected chi connectivity index (χ2v) is 3.47. The van der Waals surface area contributed by atoms with Crippen molar-refractivity contribution in [3.63, 3.8) is 0 Å². The van der Waals surface area contributed by atoms with Crippen LogP contribution in [-0.2, 0) is 0 Å². The monoisotopic (exact) mass is 141 g/mol. The van der Waals surface area contributed by atoms with Crippen LogP contribution in [0.2, 0.25) is 0 Å². The van der Waals surface area contributed by atoms with E-state index >= 15 is 0 Å². The average molecular weight is 141 g/mol. The number of hydrogen-bond acceptors (Lipinski definition) is 1. The molecule has 1 N–H and O–H groups in total. The third-order valence-electron chi connectivity index (χ3n) is 2.83. The van der Waals surface area contributed by atoms with E-state index in [1.807, 2.05) is 0 Å². The predicted octanol–water partition coefficient (Wildman–Crippen LogP) is 2.03. The van der Waals surface area contributed by atoms with E-state index in [1.165, 1.54) is 32.4 Å². The first-order chi connectivity index (χ1) is 4.84. The third kappa shape index (κ3) is 1.98. The summed E-state index contributed by atoms with van der Waals surface area (Å²) in [6, 6.07) is 0. The van der Waals surface area contributed by atoms with Crippen LogP contribution >= 0.6 is 0 Å². The highest BCUT2D eigenvalue weighted by molar-refractivity contribution is 4.72. The van der Waals surface area contributed by atoms with Gasteiger partial charge in [-0.2, -0.15) is 0 Å². The molecule has 60 valence electrons. The molecule has 0 bridgehead atoms. The molecule has 0 aromatic heterocycles. The molecule has 1 unspecified atom stereocenters. The summed E-state index contributed by atoms with van der Waals surface area (Å²) in [4.78, 5) is 0. The summed E-state index contributed by atoms with van der Waals surface area (Å²) in [5.41, 5.74) is 0. The quantitative estimate of drug-likeness (QED) is 0.620. The lowest BCUT2D eigenvalue weighted by Crippen LogP contribution is -2.30. The van der Waals surface area contributed by atoms with Crippen molar-refractivity contribution in [2.45, 2.75) is 33.1 Å². The zero-order chi connectivity index (χ0) is 7.40. The van der Waals surface area contributed by atoms with Crippen molar-refractivity contribution < 1.29 is 0 Å². The molecule has 0 spiro atoms. The Morgan fingerprint density at radius 1 is 1.40 bits per heavy atom. The number of nitrogens with one attached hydrogen (secondary N) is 1. The highest BCUT2D eigenvalue weighted by Gasteiger charge is 2.17. The zero-order valence-electron chi connectivity index (χ0n) is 7.19. The summed E-state index contributed by atoms with van der Waals surface area (Å²) in [5.74, 6) is 1.95. The van der Waals surface area contributed by atoms with Gasteiger partial charge in [0.15, 0.2) is 0 Å². The average Bonchev–Trinajstić information content (AvgIpc) is 2.05. The zero-order valence-corrected chi connectivity index (χ0v) is 7.19. The Morgan fingerprint density at radius 2 is 2.00 bits per heavy atom. The number of piperidine rings is 1. The van der Waals surface area contributed by atoms with Crippen LogP contribution in [0.15, 0.2) is 0 Å². The van der Waals surface area contributed by atoms with E-state index in [1.54, 1.807) is 0 Å². The minimum absolute atomic E-state index is 0.946. The third-order valence-corrected chi connectivity index (χ3v) is 2.83. The lowest BCUT2D eigenvalue weighted by molar-refractivity contribution is 0.270. The Bertz CT molecular complexity index is 84.7. The van der Waals surface area contributed by atoms with E-state index < -0.39 is 0 Å². The summed E-state index contributed by atoms with van der Waals surface area (Å²) in [5, 5.41) is 3.39. The maximum absolute atomic E-state index is 3.39. The van der Waals surface area contributed by atoms with Crippen molar-refractivity contribution in [3.05, 3.63) is 0 Å². The van der Waals surface area contributed by atoms with E-state index in [9.17, 15) is 0 Å². The smallest absolute Gasteiger partial charge is 0.00462 e. The SMILES string of the molecule is CCC(C)C1CCNCC1. The minimum Gasteiger partial charge on any atom is -0.317 e. The Kier molecular flexibility index (Phi) is 3.20. The molecule has 1 aliphatic rings. The molecule has 1 fully saturated rings. The Hall–Kier alpha value is -0.0400. The van der Waals surface area contributed by atoms with E-state index in [2.05, 4.69) is 19.2 Å². The van der Waals surface area contributed by atoms with Gasteiger partial charge in [0.05, 0.1) is 0 Å². The standard InChI is InChI=1S/C9H19N/c1-3-8(2)9-4-6-10-7-5-9/h8-10H,3-7H2,1-2H3. The minimum atomic E-state index is 0.946. The van der Waals surface area contributed by atoms with Crippen molar-refractivity contribution in [1.29, 1.82) is 0 Å². The lowest BCUT2D eigenvalue weighted by Gasteiger charge is -2.27. The van der Waals surface area contributed by atoms with Crippen LogP contribution in [0.5, 0.6) is 0 Å². The van der Waals surface area contributed by atoms with Crippen molar-refractivity contribution in [2.75, 3.05) is 13.1 Å². The molecule has 1 heteroatoms. The summed E-state index contributed by atoms with van der Waals surface area (Å²) in [7, 11) is 0. The largest absolute Gasteiger partial charge is 0.317 e. The van der Waals surface area contributed by atoms with Gasteiger partial charge in [-0.1, -0.05) is 20.3 Å². The van der Waals surface area contributed by atoms with Gasteiger partial charge in [-0.05, 0) is 37.8 Å². The van der Waals surface area contributed by atoms with Gasteiger partial charge in [0.2, 0.25) is 0 Å². The van der Waals surface area contributed by atoms with E-state index in [4.69, 9.17) is 0 Å². The maximum Gasteiger partial charge on any atom is -0.00462 e. The first-order valence-corrected chi connectivity index (χ1v) is 4.55. The molecule has 0 aromatic carbocycles. The molecule has 1 nitrogen and oxygen atoms in total. The Labute approximate surface area is 64.2 Å². The van der Waals surface area contributed by atoms with Gasteiger partial charge < -0.3 is 5.32 Å². The summed E-state index contributed by atoms with van der Waals surface area (Å²) < 4.78 is 0. The Morgan fingerprint density at radius 3 is 2.50 bits per heavy atom. The van der Waals surface area contributed by atoms with Gasteiger partial charge in [0, 0.05) is 0 Å². The fraction of sp³-hybridized carbons (Fsp3) is 1.00. The molecule has 1 saturated heterocycles. The summed E-state index contributed by atoms with van der Waals surface area (Å²) in [6.07, 6.45) is 4.15. The maximum atomic E-state index is 3.39. The molecule has 10 heavy (non-hydrogen) atoms. The van der Waals surface area contributed by atoms with Crippen LogP contribution in [0.25, 0.3) is 0 Å². The van der Waals surface area contributed by atoms with E-state index in [0.717, 1.165) is 11.8 Å². The van der Waals surface area contributed by atoms with Crippen LogP contribution in [-0.4, -0.2) is 13.1 Å². The fourth-order valence-corrected chi connectivity index (χ4v) is 1.75. The predicted molar refractivity (Wildman–Crippen MR) is 45.0 cm³/mol. The van der Waals surface area contributed by atoms with Crippen molar-refractivity contribution in [1.82, 2.24) is 5.32 Å². The first kappa shape index (κ1) is 8.06. The molecule has 1 aliphatic heterocycles. The first-order valence-electron chi connectivity index (χ1n) is 4.55. The van der Waals surface area contributed by atoms with Gasteiger partial charge in [-0.15, -0.1) is 0 Å². The highest BCUT2D eigenvalue weighted by Crippen LogP contribution is 2.23. The molecule has 0 amide bonds. The molecule has 1 atom stereocenters. The van der Waals surface area contributed by atoms with Gasteiger partial charge in [0.25, 0.3) is 0 Å². The molecular weight excluding hydrogens is 122 g/mol. The molecule has 0 saturated carbocycles. The van der Waals surface area contributed by atoms with Crippen LogP contribution in [0.4, 0.5) is 0 Å². The van der Waals surface area contributed by atoms with Crippen molar-refractivity contribution in [3.8, 4) is 0 Å². The molecule has 0 aromatic rings.